The van der Waals surface area contributed by atoms with Crippen LogP contribution in [0.1, 0.15) is 39.3 Å². The third-order valence-corrected chi connectivity index (χ3v) is 8.45. The molecule has 3 aliphatic rings. The summed E-state index contributed by atoms with van der Waals surface area (Å²) in [5.41, 5.74) is 5.53. The Balaban J connectivity index is 1.19. The van der Waals surface area contributed by atoms with Gasteiger partial charge in [0.15, 0.2) is 0 Å². The molecular weight excluding hydrogens is 553 g/mol. The maximum absolute atomic E-state index is 15.0. The molecule has 11 nitrogen and oxygen atoms in total. The minimum absolute atomic E-state index is 0.144. The van der Waals surface area contributed by atoms with E-state index in [-0.39, 0.29) is 23.9 Å². The molecule has 2 aromatic heterocycles. The van der Waals surface area contributed by atoms with Crippen LogP contribution in [-0.4, -0.2) is 98.7 Å². The first-order valence-electron chi connectivity index (χ1n) is 14.5. The van der Waals surface area contributed by atoms with E-state index in [0.29, 0.717) is 77.5 Å². The average Bonchev–Trinajstić information content (AvgIpc) is 3.62. The Hall–Kier alpha value is -4.39. The number of hydrogen-bond donors (Lipinski definition) is 3. The van der Waals surface area contributed by atoms with Gasteiger partial charge >= 0.3 is 0 Å². The van der Waals surface area contributed by atoms with E-state index in [2.05, 4.69) is 25.5 Å². The van der Waals surface area contributed by atoms with E-state index in [0.717, 1.165) is 25.2 Å². The maximum Gasteiger partial charge on any atom is 0.256 e. The highest BCUT2D eigenvalue weighted by Crippen LogP contribution is 2.39. The number of carbonyl (C=O) groups is 2. The van der Waals surface area contributed by atoms with Gasteiger partial charge in [0.25, 0.3) is 11.8 Å². The van der Waals surface area contributed by atoms with Gasteiger partial charge in [0.2, 0.25) is 0 Å². The number of amides is 2. The number of nitrogens with zero attached hydrogens (tertiary/aromatic N) is 5. The molecule has 0 aliphatic carbocycles. The van der Waals surface area contributed by atoms with E-state index in [1.807, 2.05) is 31.2 Å². The summed E-state index contributed by atoms with van der Waals surface area (Å²) in [6, 6.07) is 9.99. The van der Waals surface area contributed by atoms with Crippen molar-refractivity contribution >= 4 is 40.2 Å². The summed E-state index contributed by atoms with van der Waals surface area (Å²) in [6.45, 7) is 5.95. The molecule has 2 amide bonds. The number of aliphatic hydroxyl groups excluding tert-OH is 1. The van der Waals surface area contributed by atoms with Crippen molar-refractivity contribution in [2.24, 2.45) is 0 Å². The quantitative estimate of drug-likeness (QED) is 0.297. The molecule has 12 heteroatoms. The number of aromatic amines is 1. The molecule has 2 aromatic carbocycles. The lowest BCUT2D eigenvalue weighted by molar-refractivity contribution is -0.110. The van der Waals surface area contributed by atoms with Crippen LogP contribution in [0.25, 0.3) is 28.4 Å². The summed E-state index contributed by atoms with van der Waals surface area (Å²) in [5, 5.41) is 22.1. The van der Waals surface area contributed by atoms with Crippen molar-refractivity contribution in [3.8, 4) is 5.69 Å². The Morgan fingerprint density at radius 3 is 2.79 bits per heavy atom. The number of benzene rings is 2. The van der Waals surface area contributed by atoms with Crippen molar-refractivity contribution < 1.29 is 23.8 Å². The van der Waals surface area contributed by atoms with Crippen LogP contribution in [0.3, 0.4) is 0 Å². The van der Waals surface area contributed by atoms with Gasteiger partial charge in [-0.1, -0.05) is 17.3 Å². The molecule has 4 aromatic rings. The first kappa shape index (κ1) is 27.4. The summed E-state index contributed by atoms with van der Waals surface area (Å²) in [4.78, 5) is 34.2. The zero-order valence-corrected chi connectivity index (χ0v) is 23.8. The van der Waals surface area contributed by atoms with Crippen LogP contribution in [0.4, 0.5) is 10.1 Å². The Labute approximate surface area is 246 Å². The van der Waals surface area contributed by atoms with Crippen LogP contribution in [0.5, 0.6) is 0 Å². The largest absolute Gasteiger partial charge is 0.390 e. The fourth-order valence-corrected chi connectivity index (χ4v) is 6.32. The van der Waals surface area contributed by atoms with Crippen molar-refractivity contribution in [2.75, 3.05) is 51.3 Å². The molecule has 0 saturated carbocycles. The second-order valence-corrected chi connectivity index (χ2v) is 11.3. The van der Waals surface area contributed by atoms with Gasteiger partial charge in [0.05, 0.1) is 47.3 Å². The number of rotatable bonds is 6. The molecule has 222 valence electrons. The summed E-state index contributed by atoms with van der Waals surface area (Å²) in [5.74, 6) is -1.04. The van der Waals surface area contributed by atoms with Gasteiger partial charge in [0.1, 0.15) is 11.3 Å². The van der Waals surface area contributed by atoms with Crippen LogP contribution in [0, 0.1) is 12.7 Å². The minimum atomic E-state index is -0.672. The molecule has 0 bridgehead atoms. The molecule has 1 saturated heterocycles. The third-order valence-electron chi connectivity index (χ3n) is 8.45. The zero-order valence-electron chi connectivity index (χ0n) is 23.8. The number of hydrogen-bond acceptors (Lipinski definition) is 7. The number of nitrogens with one attached hydrogen (secondary N) is 2. The van der Waals surface area contributed by atoms with Gasteiger partial charge in [-0.2, -0.15) is 0 Å². The Morgan fingerprint density at radius 2 is 1.95 bits per heavy atom. The Kier molecular flexibility index (Phi) is 7.04. The predicted octanol–water partition coefficient (Wildman–Crippen LogP) is 2.77. The van der Waals surface area contributed by atoms with Crippen LogP contribution in [0.15, 0.2) is 36.4 Å². The highest BCUT2D eigenvalue weighted by molar-refractivity contribution is 6.35. The number of H-pyrrole nitrogens is 1. The molecule has 7 rings (SSSR count). The van der Waals surface area contributed by atoms with Crippen molar-refractivity contribution in [3.63, 3.8) is 0 Å². The number of aliphatic hydroxyl groups is 1. The van der Waals surface area contributed by atoms with Crippen LogP contribution in [-0.2, 0) is 16.0 Å². The molecule has 3 aliphatic heterocycles. The number of aryl methyl sites for hydroxylation is 1. The SMILES string of the molecule is Cc1c(/C=C2\C(=O)Nc3c2cc(F)cc3-n2nnc3ccccc32)[nH]c2c1C(=O)N(C[C@@H](O)CN1CCOCC1)CCC2. The molecule has 1 fully saturated rings. The average molecular weight is 586 g/mol. The number of fused-ring (bicyclic) bond motifs is 3. The third kappa shape index (κ3) is 5.01. The fourth-order valence-electron chi connectivity index (χ4n) is 6.32. The van der Waals surface area contributed by atoms with E-state index in [1.165, 1.54) is 16.8 Å². The highest BCUT2D eigenvalue weighted by atomic mass is 19.1. The number of β-amino-alcohol motifs (C(OH)–C–C–N with tert-alkyl or cyclic N) is 1. The molecule has 3 N–H and O–H groups in total. The number of morpholine rings is 1. The van der Waals surface area contributed by atoms with Crippen molar-refractivity contribution in [1.29, 1.82) is 0 Å². The zero-order chi connectivity index (χ0) is 29.7. The molecule has 0 spiro atoms. The second-order valence-electron chi connectivity index (χ2n) is 11.3. The lowest BCUT2D eigenvalue weighted by atomic mass is 10.0. The normalized spacial score (nSPS) is 19.0. The van der Waals surface area contributed by atoms with Crippen LogP contribution in [0.2, 0.25) is 0 Å². The summed E-state index contributed by atoms with van der Waals surface area (Å²) >= 11 is 0. The standard InChI is InChI=1S/C31H32FN7O4/c1-18-25(33-24-6-4-8-38(31(42)28(18)24)17-20(40)16-37-9-11-43-12-10-37)15-22-21-13-19(32)14-27(29(21)34-30(22)41)39-26-7-3-2-5-23(26)35-36-39/h2-3,5,7,13-15,20,33,40H,4,6,8-12,16-17H2,1H3,(H,34,41)/b22-15-/t20-/m0/s1. The number of aromatic nitrogens is 4. The molecule has 5 heterocycles. The summed E-state index contributed by atoms with van der Waals surface area (Å²) < 4.78 is 21.9. The van der Waals surface area contributed by atoms with Crippen molar-refractivity contribution in [3.05, 3.63) is 70.3 Å². The van der Waals surface area contributed by atoms with Gasteiger partial charge in [-0.3, -0.25) is 14.5 Å². The number of halogens is 1. The van der Waals surface area contributed by atoms with Gasteiger partial charge < -0.3 is 25.0 Å². The first-order chi connectivity index (χ1) is 20.9. The number of anilines is 1. The van der Waals surface area contributed by atoms with Gasteiger partial charge in [-0.25, -0.2) is 9.07 Å². The van der Waals surface area contributed by atoms with E-state index in [1.54, 1.807) is 11.0 Å². The van der Waals surface area contributed by atoms with E-state index in [4.69, 9.17) is 4.74 Å². The lowest BCUT2D eigenvalue weighted by Gasteiger charge is -2.31. The fraction of sp³-hybridized carbons (Fsp3) is 0.355. The number of para-hydroxylation sites is 1. The van der Waals surface area contributed by atoms with E-state index < -0.39 is 11.9 Å². The molecule has 1 atom stereocenters. The number of carbonyl (C=O) groups excluding carboxylic acids is 2. The van der Waals surface area contributed by atoms with Crippen molar-refractivity contribution in [1.82, 2.24) is 29.8 Å². The van der Waals surface area contributed by atoms with E-state index in [9.17, 15) is 19.1 Å². The summed E-state index contributed by atoms with van der Waals surface area (Å²) in [7, 11) is 0. The van der Waals surface area contributed by atoms with Gasteiger partial charge in [-0.15, -0.1) is 5.10 Å². The molecular formula is C31H32FN7O4. The van der Waals surface area contributed by atoms with Crippen molar-refractivity contribution in [2.45, 2.75) is 25.9 Å². The molecule has 0 radical (unpaired) electrons. The van der Waals surface area contributed by atoms with Gasteiger partial charge in [0, 0.05) is 55.7 Å². The maximum atomic E-state index is 15.0. The molecule has 43 heavy (non-hydrogen) atoms. The smallest absolute Gasteiger partial charge is 0.256 e. The Bertz CT molecular complexity index is 1770. The van der Waals surface area contributed by atoms with Crippen LogP contribution < -0.4 is 5.32 Å². The highest BCUT2D eigenvalue weighted by Gasteiger charge is 2.32. The summed E-state index contributed by atoms with van der Waals surface area (Å²) in [6.07, 6.45) is 2.40. The van der Waals surface area contributed by atoms with Crippen LogP contribution >= 0.6 is 0 Å². The first-order valence-corrected chi connectivity index (χ1v) is 14.5. The van der Waals surface area contributed by atoms with Gasteiger partial charge in [-0.05, 0) is 49.6 Å². The monoisotopic (exact) mass is 585 g/mol. The number of ether oxygens (including phenoxy) is 1. The topological polar surface area (TPSA) is 129 Å². The van der Waals surface area contributed by atoms with E-state index >= 15 is 0 Å². The minimum Gasteiger partial charge on any atom is -0.390 e. The Morgan fingerprint density at radius 1 is 1.14 bits per heavy atom. The predicted molar refractivity (Wildman–Crippen MR) is 158 cm³/mol. The lowest BCUT2D eigenvalue weighted by Crippen LogP contribution is -2.46. The second kappa shape index (κ2) is 11.0. The molecule has 0 unspecified atom stereocenters.